The third-order valence-corrected chi connectivity index (χ3v) is 6.01. The molecule has 10 heteroatoms. The van der Waals surface area contributed by atoms with Gasteiger partial charge in [0, 0.05) is 17.8 Å². The van der Waals surface area contributed by atoms with Gasteiger partial charge in [-0.1, -0.05) is 18.0 Å². The summed E-state index contributed by atoms with van der Waals surface area (Å²) in [5.74, 6) is -0.279. The second-order valence-corrected chi connectivity index (χ2v) is 8.17. The highest BCUT2D eigenvalue weighted by molar-refractivity contribution is 7.92. The molecule has 27 heavy (non-hydrogen) atoms. The minimum absolute atomic E-state index is 0. The molecule has 2 heterocycles. The second-order valence-electron chi connectivity index (χ2n) is 6.11. The van der Waals surface area contributed by atoms with Crippen LogP contribution in [-0.2, 0) is 10.0 Å². The number of piperidine rings is 1. The fourth-order valence-corrected chi connectivity index (χ4v) is 4.30. The summed E-state index contributed by atoms with van der Waals surface area (Å²) in [4.78, 5) is 19.7. The van der Waals surface area contributed by atoms with Crippen LogP contribution < -0.4 is 10.0 Å². The first-order valence-electron chi connectivity index (χ1n) is 8.26. The van der Waals surface area contributed by atoms with Crippen LogP contribution in [0, 0.1) is 0 Å². The molecule has 1 aliphatic heterocycles. The lowest BCUT2D eigenvalue weighted by atomic mass is 10.0. The fourth-order valence-electron chi connectivity index (χ4n) is 2.82. The van der Waals surface area contributed by atoms with Crippen molar-refractivity contribution in [3.63, 3.8) is 0 Å². The van der Waals surface area contributed by atoms with E-state index < -0.39 is 10.0 Å². The number of anilines is 1. The molecular weight excluding hydrogens is 411 g/mol. The van der Waals surface area contributed by atoms with E-state index in [2.05, 4.69) is 20.0 Å². The number of carbonyl (C=O) groups excluding carboxylic acids is 1. The number of hydrogen-bond acceptors (Lipinski definition) is 6. The van der Waals surface area contributed by atoms with Gasteiger partial charge in [-0.2, -0.15) is 0 Å². The van der Waals surface area contributed by atoms with Gasteiger partial charge in [0.15, 0.2) is 5.78 Å². The van der Waals surface area contributed by atoms with Crippen LogP contribution in [0.3, 0.4) is 0 Å². The van der Waals surface area contributed by atoms with Crippen LogP contribution >= 0.6 is 24.0 Å². The number of nitrogens with zero attached hydrogens (tertiary/aromatic N) is 2. The van der Waals surface area contributed by atoms with Crippen molar-refractivity contribution in [1.29, 1.82) is 0 Å². The molecule has 1 aliphatic rings. The normalized spacial score (nSPS) is 17.0. The smallest absolute Gasteiger partial charge is 0.265 e. The van der Waals surface area contributed by atoms with E-state index in [1.54, 1.807) is 6.07 Å². The first-order chi connectivity index (χ1) is 12.4. The fraction of sp³-hybridized carbons (Fsp3) is 0.353. The number of Topliss-reactive ketones (excluding diaryl/α,β-unsaturated/α-hetero) is 1. The van der Waals surface area contributed by atoms with Crippen molar-refractivity contribution in [2.24, 2.45) is 0 Å². The molecule has 1 unspecified atom stereocenters. The van der Waals surface area contributed by atoms with Gasteiger partial charge in [0.25, 0.3) is 10.0 Å². The maximum Gasteiger partial charge on any atom is 0.265 e. The number of halogens is 2. The van der Waals surface area contributed by atoms with Gasteiger partial charge >= 0.3 is 0 Å². The zero-order valence-electron chi connectivity index (χ0n) is 14.6. The first kappa shape index (κ1) is 21.6. The quantitative estimate of drug-likeness (QED) is 0.704. The molecule has 1 aromatic heterocycles. The zero-order valence-corrected chi connectivity index (χ0v) is 17.0. The van der Waals surface area contributed by atoms with Gasteiger partial charge in [0.05, 0.1) is 10.7 Å². The summed E-state index contributed by atoms with van der Waals surface area (Å²) >= 11 is 6.02. The Hall–Kier alpha value is -1.74. The van der Waals surface area contributed by atoms with Crippen molar-refractivity contribution in [3.05, 3.63) is 46.7 Å². The maximum absolute atomic E-state index is 12.7. The van der Waals surface area contributed by atoms with Gasteiger partial charge in [0.2, 0.25) is 5.95 Å². The summed E-state index contributed by atoms with van der Waals surface area (Å²) in [6.07, 6.45) is 4.67. The Morgan fingerprint density at radius 1 is 1.30 bits per heavy atom. The maximum atomic E-state index is 12.7. The van der Waals surface area contributed by atoms with Gasteiger partial charge in [0.1, 0.15) is 4.90 Å². The molecule has 0 amide bonds. The molecule has 7 nitrogen and oxygen atoms in total. The molecule has 146 valence electrons. The highest BCUT2D eigenvalue weighted by Gasteiger charge is 2.22. The lowest BCUT2D eigenvalue weighted by Gasteiger charge is -2.23. The van der Waals surface area contributed by atoms with Crippen LogP contribution in [0.2, 0.25) is 5.02 Å². The molecule has 3 rings (SSSR count). The molecule has 1 saturated heterocycles. The molecule has 1 aromatic carbocycles. The highest BCUT2D eigenvalue weighted by atomic mass is 35.5. The molecule has 2 aromatic rings. The molecule has 0 aliphatic carbocycles. The van der Waals surface area contributed by atoms with E-state index in [4.69, 9.17) is 11.6 Å². The molecule has 0 bridgehead atoms. The highest BCUT2D eigenvalue weighted by Crippen LogP contribution is 2.26. The molecule has 0 saturated carbocycles. The monoisotopic (exact) mass is 430 g/mol. The van der Waals surface area contributed by atoms with Crippen LogP contribution in [-0.4, -0.2) is 30.7 Å². The minimum atomic E-state index is -4.03. The van der Waals surface area contributed by atoms with Gasteiger partial charge in [-0.15, -0.1) is 12.4 Å². The summed E-state index contributed by atoms with van der Waals surface area (Å²) in [6.45, 7) is 2.26. The van der Waals surface area contributed by atoms with Crippen LogP contribution in [0.4, 0.5) is 5.95 Å². The van der Waals surface area contributed by atoms with Crippen LogP contribution in [0.1, 0.15) is 48.3 Å². The minimum Gasteiger partial charge on any atom is -0.309 e. The van der Waals surface area contributed by atoms with E-state index in [1.165, 1.54) is 31.3 Å². The number of sulfonamides is 1. The Morgan fingerprint density at radius 3 is 2.74 bits per heavy atom. The molecular formula is C17H20Cl2N4O3S. The number of nitrogens with one attached hydrogen (secondary N) is 2. The summed E-state index contributed by atoms with van der Waals surface area (Å²) in [7, 11) is -4.03. The lowest BCUT2D eigenvalue weighted by molar-refractivity contribution is 0.101. The Balaban J connectivity index is 0.00000261. The van der Waals surface area contributed by atoms with E-state index in [0.29, 0.717) is 0 Å². The molecule has 2 N–H and O–H groups in total. The first-order valence-corrected chi connectivity index (χ1v) is 10.1. The number of hydrogen-bond donors (Lipinski definition) is 2. The van der Waals surface area contributed by atoms with E-state index in [1.807, 2.05) is 0 Å². The lowest BCUT2D eigenvalue weighted by Crippen LogP contribution is -2.28. The molecule has 1 atom stereocenters. The summed E-state index contributed by atoms with van der Waals surface area (Å²) in [5.41, 5.74) is 0.997. The SMILES string of the molecule is CC(=O)c1ccc(Cl)c(S(=O)(=O)Nc2nccc(C3CCCCN3)n2)c1.Cl. The number of benzene rings is 1. The average Bonchev–Trinajstić information content (AvgIpc) is 2.62. The van der Waals surface area contributed by atoms with Crippen LogP contribution in [0.25, 0.3) is 0 Å². The zero-order chi connectivity index (χ0) is 18.7. The number of rotatable bonds is 5. The van der Waals surface area contributed by atoms with E-state index in [-0.39, 0.29) is 45.7 Å². The van der Waals surface area contributed by atoms with Crippen molar-refractivity contribution in [1.82, 2.24) is 15.3 Å². The van der Waals surface area contributed by atoms with Crippen molar-refractivity contribution in [3.8, 4) is 0 Å². The Labute approximate surface area is 169 Å². The number of carbonyl (C=O) groups is 1. The summed E-state index contributed by atoms with van der Waals surface area (Å²) in [5, 5.41) is 3.38. The van der Waals surface area contributed by atoms with Gasteiger partial charge < -0.3 is 5.32 Å². The van der Waals surface area contributed by atoms with Crippen LogP contribution in [0.5, 0.6) is 0 Å². The number of ketones is 1. The average molecular weight is 431 g/mol. The topological polar surface area (TPSA) is 101 Å². The van der Waals surface area contributed by atoms with Crippen molar-refractivity contribution < 1.29 is 13.2 Å². The Kier molecular flexibility index (Phi) is 7.16. The standard InChI is InChI=1S/C17H19ClN4O3S.ClH/c1-11(23)12-5-6-13(18)16(10-12)26(24,25)22-17-20-9-7-15(21-17)14-4-2-3-8-19-14;/h5-7,9-10,14,19H,2-4,8H2,1H3,(H,20,21,22);1H. The predicted molar refractivity (Wildman–Crippen MR) is 106 cm³/mol. The van der Waals surface area contributed by atoms with E-state index in [9.17, 15) is 13.2 Å². The van der Waals surface area contributed by atoms with E-state index in [0.717, 1.165) is 31.5 Å². The summed E-state index contributed by atoms with van der Waals surface area (Å²) in [6, 6.07) is 5.97. The van der Waals surface area contributed by atoms with Gasteiger partial charge in [-0.05, 0) is 50.6 Å². The van der Waals surface area contributed by atoms with Crippen LogP contribution in [0.15, 0.2) is 35.4 Å². The van der Waals surface area contributed by atoms with Gasteiger partial charge in [-0.25, -0.2) is 23.1 Å². The largest absolute Gasteiger partial charge is 0.309 e. The molecule has 0 spiro atoms. The Morgan fingerprint density at radius 2 is 2.07 bits per heavy atom. The van der Waals surface area contributed by atoms with Crippen molar-refractivity contribution in [2.75, 3.05) is 11.3 Å². The van der Waals surface area contributed by atoms with Gasteiger partial charge in [-0.3, -0.25) is 4.79 Å². The summed E-state index contributed by atoms with van der Waals surface area (Å²) < 4.78 is 27.7. The third-order valence-electron chi connectivity index (χ3n) is 4.20. The third kappa shape index (κ3) is 5.16. The molecule has 0 radical (unpaired) electrons. The number of aromatic nitrogens is 2. The second kappa shape index (κ2) is 8.97. The van der Waals surface area contributed by atoms with Crippen molar-refractivity contribution in [2.45, 2.75) is 37.1 Å². The predicted octanol–water partition coefficient (Wildman–Crippen LogP) is 3.37. The van der Waals surface area contributed by atoms with E-state index >= 15 is 0 Å². The van der Waals surface area contributed by atoms with Crippen molar-refractivity contribution >= 4 is 45.8 Å². The Bertz CT molecular complexity index is 932. The molecule has 1 fully saturated rings.